The highest BCUT2D eigenvalue weighted by atomic mass is 32.2. The smallest absolute Gasteiger partial charge is 0.123 e. The van der Waals surface area contributed by atoms with E-state index in [0.29, 0.717) is 0 Å². The van der Waals surface area contributed by atoms with Crippen LogP contribution in [0.25, 0.3) is 0 Å². The maximum atomic E-state index is 13.7. The summed E-state index contributed by atoms with van der Waals surface area (Å²) in [6.45, 7) is 6.63. The van der Waals surface area contributed by atoms with Crippen LogP contribution in [0.3, 0.4) is 0 Å². The van der Waals surface area contributed by atoms with Gasteiger partial charge in [0.1, 0.15) is 5.82 Å². The largest absolute Gasteiger partial charge is 0.392 e. The van der Waals surface area contributed by atoms with Crippen molar-refractivity contribution in [2.45, 2.75) is 62.9 Å². The zero-order valence-electron chi connectivity index (χ0n) is 17.5. The lowest BCUT2D eigenvalue weighted by atomic mass is 9.69. The molecule has 0 aliphatic carbocycles. The van der Waals surface area contributed by atoms with Gasteiger partial charge in [0.2, 0.25) is 0 Å². The van der Waals surface area contributed by atoms with Gasteiger partial charge in [0.05, 0.1) is 6.10 Å². The molecule has 2 nitrogen and oxygen atoms in total. The van der Waals surface area contributed by atoms with Gasteiger partial charge in [-0.1, -0.05) is 38.8 Å². The molecule has 2 aliphatic heterocycles. The van der Waals surface area contributed by atoms with E-state index in [9.17, 15) is 9.50 Å². The Hall–Kier alpha value is -1.52. The molecule has 1 N–H and O–H groups in total. The molecule has 2 aliphatic rings. The van der Waals surface area contributed by atoms with Gasteiger partial charge in [-0.15, -0.1) is 11.8 Å². The zero-order chi connectivity index (χ0) is 20.4. The van der Waals surface area contributed by atoms with E-state index in [4.69, 9.17) is 0 Å². The standard InChI is InChI=1S/C25H32FNOS/c1-3-5-13-25(4-2)17-29-22-12-11-20(27-14-6-15-27)16-21(22)23(24(25)28)18-7-9-19(26)10-8-18/h7-12,16,23-24,28H,3-6,13-15,17H2,1-2H3/t23-,24-,25-/m1/s1. The van der Waals surface area contributed by atoms with Crippen molar-refractivity contribution in [3.8, 4) is 0 Å². The number of hydrogen-bond acceptors (Lipinski definition) is 3. The fraction of sp³-hybridized carbons (Fsp3) is 0.520. The Bertz CT molecular complexity index is 835. The van der Waals surface area contributed by atoms with Gasteiger partial charge in [-0.2, -0.15) is 0 Å². The predicted octanol–water partition coefficient (Wildman–Crippen LogP) is 6.22. The summed E-state index contributed by atoms with van der Waals surface area (Å²) in [5, 5.41) is 11.8. The Morgan fingerprint density at radius 2 is 1.90 bits per heavy atom. The molecule has 4 heteroatoms. The van der Waals surface area contributed by atoms with Gasteiger partial charge in [0.15, 0.2) is 0 Å². The van der Waals surface area contributed by atoms with Crippen LogP contribution in [0.5, 0.6) is 0 Å². The van der Waals surface area contributed by atoms with Gasteiger partial charge in [0, 0.05) is 40.8 Å². The molecule has 0 aromatic heterocycles. The molecule has 29 heavy (non-hydrogen) atoms. The summed E-state index contributed by atoms with van der Waals surface area (Å²) in [6, 6.07) is 13.5. The molecule has 1 saturated heterocycles. The van der Waals surface area contributed by atoms with E-state index in [-0.39, 0.29) is 17.2 Å². The molecule has 0 unspecified atom stereocenters. The third-order valence-corrected chi connectivity index (χ3v) is 8.37. The van der Waals surface area contributed by atoms with E-state index in [0.717, 1.165) is 50.1 Å². The van der Waals surface area contributed by atoms with Crippen LogP contribution < -0.4 is 4.90 Å². The number of anilines is 1. The maximum absolute atomic E-state index is 13.7. The topological polar surface area (TPSA) is 23.5 Å². The average Bonchev–Trinajstić information content (AvgIpc) is 2.81. The van der Waals surface area contributed by atoms with E-state index in [1.165, 1.54) is 34.7 Å². The Morgan fingerprint density at radius 3 is 2.52 bits per heavy atom. The lowest BCUT2D eigenvalue weighted by molar-refractivity contribution is 0.0182. The van der Waals surface area contributed by atoms with E-state index in [2.05, 4.69) is 36.9 Å². The first-order valence-corrected chi connectivity index (χ1v) is 12.0. The predicted molar refractivity (Wildman–Crippen MR) is 120 cm³/mol. The van der Waals surface area contributed by atoms with E-state index in [1.807, 2.05) is 23.9 Å². The minimum atomic E-state index is -0.482. The molecule has 1 fully saturated rings. The molecule has 0 amide bonds. The molecule has 0 spiro atoms. The van der Waals surface area contributed by atoms with Crippen molar-refractivity contribution < 1.29 is 9.50 Å². The van der Waals surface area contributed by atoms with Gasteiger partial charge in [-0.05, 0) is 60.7 Å². The highest BCUT2D eigenvalue weighted by Gasteiger charge is 2.44. The molecular weight excluding hydrogens is 381 g/mol. The van der Waals surface area contributed by atoms with Gasteiger partial charge in [0.25, 0.3) is 0 Å². The summed E-state index contributed by atoms with van der Waals surface area (Å²) in [4.78, 5) is 3.66. The van der Waals surface area contributed by atoms with Crippen LogP contribution in [-0.4, -0.2) is 30.1 Å². The summed E-state index contributed by atoms with van der Waals surface area (Å²) in [7, 11) is 0. The fourth-order valence-corrected chi connectivity index (χ4v) is 6.26. The van der Waals surface area contributed by atoms with Crippen LogP contribution in [0.15, 0.2) is 47.4 Å². The van der Waals surface area contributed by atoms with Gasteiger partial charge in [-0.3, -0.25) is 0 Å². The monoisotopic (exact) mass is 413 g/mol. The van der Waals surface area contributed by atoms with Gasteiger partial charge >= 0.3 is 0 Å². The molecule has 2 heterocycles. The number of benzene rings is 2. The van der Waals surface area contributed by atoms with Crippen LogP contribution in [0.2, 0.25) is 0 Å². The van der Waals surface area contributed by atoms with Crippen LogP contribution >= 0.6 is 11.8 Å². The van der Waals surface area contributed by atoms with E-state index in [1.54, 1.807) is 0 Å². The van der Waals surface area contributed by atoms with Crippen molar-refractivity contribution in [2.75, 3.05) is 23.7 Å². The molecular formula is C25H32FNOS. The van der Waals surface area contributed by atoms with Crippen molar-refractivity contribution >= 4 is 17.4 Å². The number of nitrogens with zero attached hydrogens (tertiary/aromatic N) is 1. The van der Waals surface area contributed by atoms with Crippen molar-refractivity contribution in [3.05, 3.63) is 59.4 Å². The minimum absolute atomic E-state index is 0.126. The number of halogens is 1. The summed E-state index contributed by atoms with van der Waals surface area (Å²) >= 11 is 1.89. The maximum Gasteiger partial charge on any atom is 0.123 e. The highest BCUT2D eigenvalue weighted by molar-refractivity contribution is 7.99. The quantitative estimate of drug-likeness (QED) is 0.608. The zero-order valence-corrected chi connectivity index (χ0v) is 18.4. The summed E-state index contributed by atoms with van der Waals surface area (Å²) < 4.78 is 13.7. The molecule has 2 aromatic rings. The van der Waals surface area contributed by atoms with E-state index >= 15 is 0 Å². The third kappa shape index (κ3) is 3.94. The first-order chi connectivity index (χ1) is 14.1. The summed E-state index contributed by atoms with van der Waals surface area (Å²) in [5.41, 5.74) is 3.32. The summed E-state index contributed by atoms with van der Waals surface area (Å²) in [5.74, 6) is 0.575. The van der Waals surface area contributed by atoms with Crippen molar-refractivity contribution in [1.82, 2.24) is 0 Å². The lowest BCUT2D eigenvalue weighted by Crippen LogP contribution is -2.41. The first-order valence-electron chi connectivity index (χ1n) is 11.0. The number of aliphatic hydroxyl groups excluding tert-OH is 1. The van der Waals surface area contributed by atoms with Crippen molar-refractivity contribution in [3.63, 3.8) is 0 Å². The van der Waals surface area contributed by atoms with Gasteiger partial charge < -0.3 is 10.0 Å². The minimum Gasteiger partial charge on any atom is -0.392 e. The van der Waals surface area contributed by atoms with E-state index < -0.39 is 6.10 Å². The molecule has 156 valence electrons. The number of fused-ring (bicyclic) bond motifs is 1. The van der Waals surface area contributed by atoms with Crippen LogP contribution in [0, 0.1) is 11.2 Å². The Balaban J connectivity index is 1.82. The van der Waals surface area contributed by atoms with Crippen molar-refractivity contribution in [1.29, 1.82) is 0 Å². The molecule has 0 bridgehead atoms. The molecule has 0 saturated carbocycles. The molecule has 3 atom stereocenters. The lowest BCUT2D eigenvalue weighted by Gasteiger charge is -2.40. The number of thioether (sulfide) groups is 1. The highest BCUT2D eigenvalue weighted by Crippen LogP contribution is 2.51. The second-order valence-corrected chi connectivity index (χ2v) is 9.66. The average molecular weight is 414 g/mol. The molecule has 2 aromatic carbocycles. The van der Waals surface area contributed by atoms with Crippen LogP contribution in [0.1, 0.15) is 63.0 Å². The second-order valence-electron chi connectivity index (χ2n) is 8.64. The normalized spacial score (nSPS) is 26.6. The Morgan fingerprint density at radius 1 is 1.14 bits per heavy atom. The summed E-state index contributed by atoms with van der Waals surface area (Å²) in [6.07, 6.45) is 4.99. The second kappa shape index (κ2) is 8.69. The fourth-order valence-electron chi connectivity index (χ4n) is 4.78. The first kappa shape index (κ1) is 20.7. The number of unbranched alkanes of at least 4 members (excludes halogenated alkanes) is 1. The third-order valence-electron chi connectivity index (χ3n) is 6.97. The van der Waals surface area contributed by atoms with Gasteiger partial charge in [-0.25, -0.2) is 4.39 Å². The number of hydrogen-bond donors (Lipinski definition) is 1. The Labute approximate surface area is 178 Å². The van der Waals surface area contributed by atoms with Crippen LogP contribution in [-0.2, 0) is 0 Å². The number of rotatable bonds is 6. The molecule has 0 radical (unpaired) electrons. The molecule has 4 rings (SSSR count). The number of aliphatic hydroxyl groups is 1. The SMILES string of the molecule is CCCC[C@]1(CC)CSc2ccc(N3CCC3)cc2[C@@H](c2ccc(F)cc2)[C@H]1O. The Kier molecular flexibility index (Phi) is 6.21. The van der Waals surface area contributed by atoms with Crippen LogP contribution in [0.4, 0.5) is 10.1 Å². The van der Waals surface area contributed by atoms with Crippen molar-refractivity contribution in [2.24, 2.45) is 5.41 Å².